The zero-order chi connectivity index (χ0) is 15.3. The summed E-state index contributed by atoms with van der Waals surface area (Å²) in [6.45, 7) is 0. The minimum Gasteiger partial charge on any atom is -0.376 e. The summed E-state index contributed by atoms with van der Waals surface area (Å²) >= 11 is 0. The molecule has 1 atom stereocenters. The van der Waals surface area contributed by atoms with Gasteiger partial charge in [0, 0.05) is 30.4 Å². The Balaban J connectivity index is 2.13. The van der Waals surface area contributed by atoms with Crippen LogP contribution in [0, 0.1) is 0 Å². The van der Waals surface area contributed by atoms with Crippen molar-refractivity contribution in [3.05, 3.63) is 93.9 Å². The van der Waals surface area contributed by atoms with Crippen LogP contribution in [0.5, 0.6) is 0 Å². The summed E-state index contributed by atoms with van der Waals surface area (Å²) in [4.78, 5) is 12.0. The molecule has 3 nitrogen and oxygen atoms in total. The molecule has 1 N–H and O–H groups in total. The fourth-order valence-corrected chi connectivity index (χ4v) is 3.31. The van der Waals surface area contributed by atoms with E-state index in [1.165, 1.54) is 4.57 Å². The summed E-state index contributed by atoms with van der Waals surface area (Å²) in [5.74, 6) is 0. The maximum Gasteiger partial charge on any atom is 0.250 e. The Labute approximate surface area is 128 Å². The maximum atomic E-state index is 12.0. The smallest absolute Gasteiger partial charge is 0.250 e. The molecule has 0 radical (unpaired) electrons. The third-order valence-corrected chi connectivity index (χ3v) is 4.42. The van der Waals surface area contributed by atoms with Crippen molar-refractivity contribution in [2.45, 2.75) is 5.60 Å². The lowest BCUT2D eigenvalue weighted by molar-refractivity contribution is 0.130. The Kier molecular flexibility index (Phi) is 2.62. The average molecular weight is 289 g/mol. The van der Waals surface area contributed by atoms with Crippen molar-refractivity contribution in [3.8, 4) is 11.1 Å². The van der Waals surface area contributed by atoms with Gasteiger partial charge in [0.05, 0.1) is 0 Å². The molecule has 1 heterocycles. The molecule has 0 saturated heterocycles. The van der Waals surface area contributed by atoms with E-state index in [1.54, 1.807) is 19.3 Å². The molecular formula is C19H15NO2. The third kappa shape index (κ3) is 1.57. The normalized spacial score (nSPS) is 18.8. The van der Waals surface area contributed by atoms with Crippen LogP contribution >= 0.6 is 0 Å². The van der Waals surface area contributed by atoms with Crippen LogP contribution in [0.1, 0.15) is 16.7 Å². The van der Waals surface area contributed by atoms with Gasteiger partial charge in [0.1, 0.15) is 5.60 Å². The Morgan fingerprint density at radius 3 is 2.36 bits per heavy atom. The van der Waals surface area contributed by atoms with E-state index in [4.69, 9.17) is 0 Å². The molecule has 4 rings (SSSR count). The van der Waals surface area contributed by atoms with Crippen LogP contribution in [0.15, 0.2) is 71.7 Å². The van der Waals surface area contributed by atoms with Crippen LogP contribution in [0.2, 0.25) is 0 Å². The molecule has 0 aliphatic heterocycles. The molecule has 0 spiro atoms. The SMILES string of the molecule is Cn1cc2c(cc1=O)-c1ccccc1C2(O)c1ccccc1. The van der Waals surface area contributed by atoms with Crippen molar-refractivity contribution >= 4 is 0 Å². The molecule has 1 aliphatic carbocycles. The first-order valence-electron chi connectivity index (χ1n) is 7.21. The van der Waals surface area contributed by atoms with Crippen molar-refractivity contribution in [1.82, 2.24) is 4.57 Å². The number of aryl methyl sites for hydroxylation is 1. The van der Waals surface area contributed by atoms with E-state index in [0.29, 0.717) is 0 Å². The molecular weight excluding hydrogens is 274 g/mol. The molecule has 0 saturated carbocycles. The van der Waals surface area contributed by atoms with Gasteiger partial charge in [-0.25, -0.2) is 0 Å². The molecule has 1 aliphatic rings. The highest BCUT2D eigenvalue weighted by Gasteiger charge is 2.43. The summed E-state index contributed by atoms with van der Waals surface area (Å²) < 4.78 is 1.51. The van der Waals surface area contributed by atoms with E-state index in [0.717, 1.165) is 27.8 Å². The van der Waals surface area contributed by atoms with E-state index in [-0.39, 0.29) is 5.56 Å². The van der Waals surface area contributed by atoms with Crippen molar-refractivity contribution < 1.29 is 5.11 Å². The van der Waals surface area contributed by atoms with Crippen LogP contribution in [0.4, 0.5) is 0 Å². The van der Waals surface area contributed by atoms with Crippen LogP contribution in [-0.4, -0.2) is 9.67 Å². The Bertz CT molecular complexity index is 928. The number of aromatic nitrogens is 1. The summed E-state index contributed by atoms with van der Waals surface area (Å²) in [5, 5.41) is 11.6. The molecule has 108 valence electrons. The van der Waals surface area contributed by atoms with E-state index >= 15 is 0 Å². The lowest BCUT2D eigenvalue weighted by atomic mass is 9.85. The summed E-state index contributed by atoms with van der Waals surface area (Å²) in [6, 6.07) is 18.9. The molecule has 1 unspecified atom stereocenters. The minimum atomic E-state index is -1.22. The topological polar surface area (TPSA) is 42.2 Å². The van der Waals surface area contributed by atoms with Gasteiger partial charge in [-0.15, -0.1) is 0 Å². The summed E-state index contributed by atoms with van der Waals surface area (Å²) in [7, 11) is 1.71. The molecule has 3 heteroatoms. The van der Waals surface area contributed by atoms with E-state index in [2.05, 4.69) is 0 Å². The van der Waals surface area contributed by atoms with Gasteiger partial charge < -0.3 is 9.67 Å². The minimum absolute atomic E-state index is 0.0779. The molecule has 22 heavy (non-hydrogen) atoms. The predicted octanol–water partition coefficient (Wildman–Crippen LogP) is 2.65. The highest BCUT2D eigenvalue weighted by atomic mass is 16.3. The largest absolute Gasteiger partial charge is 0.376 e. The first-order valence-corrected chi connectivity index (χ1v) is 7.21. The van der Waals surface area contributed by atoms with Crippen LogP contribution in [0.25, 0.3) is 11.1 Å². The van der Waals surface area contributed by atoms with Gasteiger partial charge in [-0.1, -0.05) is 54.6 Å². The summed E-state index contributed by atoms with van der Waals surface area (Å²) in [5.41, 5.74) is 2.81. The van der Waals surface area contributed by atoms with Gasteiger partial charge in [0.15, 0.2) is 0 Å². The van der Waals surface area contributed by atoms with Crippen molar-refractivity contribution in [2.75, 3.05) is 0 Å². The molecule has 2 aromatic carbocycles. The number of hydrogen-bond acceptors (Lipinski definition) is 2. The number of rotatable bonds is 1. The second-order valence-electron chi connectivity index (χ2n) is 5.67. The summed E-state index contributed by atoms with van der Waals surface area (Å²) in [6.07, 6.45) is 1.74. The lowest BCUT2D eigenvalue weighted by Gasteiger charge is -2.26. The quantitative estimate of drug-likeness (QED) is 0.748. The average Bonchev–Trinajstić information content (AvgIpc) is 2.80. The van der Waals surface area contributed by atoms with Gasteiger partial charge in [-0.3, -0.25) is 4.79 Å². The van der Waals surface area contributed by atoms with Crippen LogP contribution in [-0.2, 0) is 12.6 Å². The number of pyridine rings is 1. The Morgan fingerprint density at radius 1 is 0.909 bits per heavy atom. The zero-order valence-electron chi connectivity index (χ0n) is 12.2. The monoisotopic (exact) mass is 289 g/mol. The van der Waals surface area contributed by atoms with Crippen LogP contribution < -0.4 is 5.56 Å². The maximum absolute atomic E-state index is 12.0. The number of fused-ring (bicyclic) bond motifs is 3. The van der Waals surface area contributed by atoms with E-state index in [1.807, 2.05) is 54.6 Å². The number of hydrogen-bond donors (Lipinski definition) is 1. The van der Waals surface area contributed by atoms with Gasteiger partial charge in [0.25, 0.3) is 5.56 Å². The van der Waals surface area contributed by atoms with E-state index < -0.39 is 5.60 Å². The fourth-order valence-electron chi connectivity index (χ4n) is 3.31. The van der Waals surface area contributed by atoms with Gasteiger partial charge in [0.2, 0.25) is 0 Å². The highest BCUT2D eigenvalue weighted by Crippen LogP contribution is 2.49. The molecule has 0 amide bonds. The van der Waals surface area contributed by atoms with E-state index in [9.17, 15) is 9.90 Å². The molecule has 3 aromatic rings. The van der Waals surface area contributed by atoms with Gasteiger partial charge in [-0.05, 0) is 16.7 Å². The standard InChI is InChI=1S/C19H15NO2/c1-20-12-17-15(11-18(20)21)14-9-5-6-10-16(14)19(17,22)13-7-3-2-4-8-13/h2-12,22H,1H3. The van der Waals surface area contributed by atoms with Crippen molar-refractivity contribution in [1.29, 1.82) is 0 Å². The molecule has 0 fully saturated rings. The number of benzene rings is 2. The number of nitrogens with zero attached hydrogens (tertiary/aromatic N) is 1. The van der Waals surface area contributed by atoms with Crippen molar-refractivity contribution in [2.24, 2.45) is 7.05 Å². The second kappa shape index (κ2) is 4.42. The Morgan fingerprint density at radius 2 is 1.59 bits per heavy atom. The fraction of sp³-hybridized carbons (Fsp3) is 0.105. The predicted molar refractivity (Wildman–Crippen MR) is 85.7 cm³/mol. The third-order valence-electron chi connectivity index (χ3n) is 4.42. The molecule has 1 aromatic heterocycles. The lowest BCUT2D eigenvalue weighted by Crippen LogP contribution is -2.28. The second-order valence-corrected chi connectivity index (χ2v) is 5.67. The van der Waals surface area contributed by atoms with Gasteiger partial charge in [-0.2, -0.15) is 0 Å². The highest BCUT2D eigenvalue weighted by molar-refractivity contribution is 5.81. The first kappa shape index (κ1) is 13.0. The Hall–Kier alpha value is -2.65. The first-order chi connectivity index (χ1) is 10.6. The van der Waals surface area contributed by atoms with Crippen molar-refractivity contribution in [3.63, 3.8) is 0 Å². The van der Waals surface area contributed by atoms with Crippen LogP contribution in [0.3, 0.4) is 0 Å². The number of aliphatic hydroxyl groups is 1. The zero-order valence-corrected chi connectivity index (χ0v) is 12.2. The molecule has 0 bridgehead atoms. The van der Waals surface area contributed by atoms with Gasteiger partial charge >= 0.3 is 0 Å².